The molecule has 21 heavy (non-hydrogen) atoms. The molecule has 2 aromatic rings. The van der Waals surface area contributed by atoms with Gasteiger partial charge in [0.25, 0.3) is 5.91 Å². The number of hydrogen-bond donors (Lipinski definition) is 2. The van der Waals surface area contributed by atoms with Crippen LogP contribution in [0.1, 0.15) is 15.9 Å². The fourth-order valence-electron chi connectivity index (χ4n) is 2.07. The van der Waals surface area contributed by atoms with Gasteiger partial charge < -0.3 is 20.5 Å². The number of nitrogen functional groups attached to an aromatic ring is 1. The van der Waals surface area contributed by atoms with Crippen molar-refractivity contribution in [1.82, 2.24) is 4.90 Å². The highest BCUT2D eigenvalue weighted by Gasteiger charge is 2.18. The summed E-state index contributed by atoms with van der Waals surface area (Å²) in [4.78, 5) is 14.0. The van der Waals surface area contributed by atoms with Gasteiger partial charge in [0, 0.05) is 24.8 Å². The molecule has 0 saturated carbocycles. The average Bonchev–Trinajstić information content (AvgIpc) is 2.48. The largest absolute Gasteiger partial charge is 0.508 e. The van der Waals surface area contributed by atoms with Gasteiger partial charge in [-0.2, -0.15) is 0 Å². The maximum Gasteiger partial charge on any atom is 0.257 e. The minimum Gasteiger partial charge on any atom is -0.508 e. The van der Waals surface area contributed by atoms with Crippen molar-refractivity contribution in [1.29, 1.82) is 0 Å². The third kappa shape index (κ3) is 3.25. The van der Waals surface area contributed by atoms with E-state index in [-0.39, 0.29) is 11.7 Å². The number of aromatic hydroxyl groups is 1. The van der Waals surface area contributed by atoms with Gasteiger partial charge in [-0.05, 0) is 24.3 Å². The summed E-state index contributed by atoms with van der Waals surface area (Å²) >= 11 is 0. The van der Waals surface area contributed by atoms with Crippen molar-refractivity contribution in [3.63, 3.8) is 0 Å². The molecule has 5 nitrogen and oxygen atoms in total. The van der Waals surface area contributed by atoms with E-state index in [9.17, 15) is 9.90 Å². The molecule has 0 atom stereocenters. The molecule has 1 amide bonds. The van der Waals surface area contributed by atoms with Gasteiger partial charge in [0.15, 0.2) is 0 Å². The minimum absolute atomic E-state index is 0.164. The topological polar surface area (TPSA) is 75.8 Å². The molecule has 0 aliphatic carbocycles. The predicted octanol–water partition coefficient (Wildman–Crippen LogP) is 2.26. The van der Waals surface area contributed by atoms with E-state index in [1.54, 1.807) is 43.4 Å². The molecule has 110 valence electrons. The number of phenolic OH excluding ortho intramolecular Hbond substituents is 1. The minimum atomic E-state index is -0.220. The summed E-state index contributed by atoms with van der Waals surface area (Å²) in [7, 11) is 3.17. The zero-order valence-corrected chi connectivity index (χ0v) is 12.0. The van der Waals surface area contributed by atoms with Crippen LogP contribution >= 0.6 is 0 Å². The number of ether oxygens (including phenoxy) is 1. The Morgan fingerprint density at radius 2 is 2.00 bits per heavy atom. The van der Waals surface area contributed by atoms with Crippen LogP contribution in [0, 0.1) is 0 Å². The molecule has 2 rings (SSSR count). The van der Waals surface area contributed by atoms with E-state index in [1.165, 1.54) is 12.0 Å². The Labute approximate surface area is 123 Å². The normalized spacial score (nSPS) is 10.2. The van der Waals surface area contributed by atoms with Crippen molar-refractivity contribution in [2.45, 2.75) is 6.54 Å². The molecule has 0 heterocycles. The van der Waals surface area contributed by atoms with Gasteiger partial charge in [0.2, 0.25) is 0 Å². The van der Waals surface area contributed by atoms with E-state index in [1.807, 2.05) is 6.07 Å². The molecule has 0 aliphatic heterocycles. The number of methoxy groups -OCH3 is 1. The van der Waals surface area contributed by atoms with Crippen LogP contribution in [-0.4, -0.2) is 30.1 Å². The van der Waals surface area contributed by atoms with Crippen molar-refractivity contribution in [2.24, 2.45) is 0 Å². The SMILES string of the molecule is COc1ccc(N)cc1C(=O)N(C)Cc1ccccc1O. The summed E-state index contributed by atoms with van der Waals surface area (Å²) in [5.74, 6) is 0.414. The van der Waals surface area contributed by atoms with E-state index < -0.39 is 0 Å². The average molecular weight is 286 g/mol. The zero-order chi connectivity index (χ0) is 15.4. The molecule has 0 unspecified atom stereocenters. The molecule has 5 heteroatoms. The molecule has 0 bridgehead atoms. The summed E-state index contributed by atoms with van der Waals surface area (Å²) in [5, 5.41) is 9.77. The number of hydrogen-bond acceptors (Lipinski definition) is 4. The van der Waals surface area contributed by atoms with Crippen molar-refractivity contribution in [3.8, 4) is 11.5 Å². The lowest BCUT2D eigenvalue weighted by Crippen LogP contribution is -2.26. The maximum atomic E-state index is 12.5. The Morgan fingerprint density at radius 1 is 1.29 bits per heavy atom. The fraction of sp³-hybridized carbons (Fsp3) is 0.188. The van der Waals surface area contributed by atoms with E-state index in [4.69, 9.17) is 10.5 Å². The molecule has 0 fully saturated rings. The van der Waals surface area contributed by atoms with Crippen molar-refractivity contribution in [3.05, 3.63) is 53.6 Å². The quantitative estimate of drug-likeness (QED) is 0.845. The Bertz CT molecular complexity index is 656. The number of carbonyl (C=O) groups is 1. The van der Waals surface area contributed by atoms with Crippen LogP contribution in [0.15, 0.2) is 42.5 Å². The smallest absolute Gasteiger partial charge is 0.257 e. The highest BCUT2D eigenvalue weighted by Crippen LogP contribution is 2.24. The lowest BCUT2D eigenvalue weighted by Gasteiger charge is -2.19. The second-order valence-corrected chi connectivity index (χ2v) is 4.75. The van der Waals surface area contributed by atoms with Crippen molar-refractivity contribution >= 4 is 11.6 Å². The first-order valence-corrected chi connectivity index (χ1v) is 6.48. The number of rotatable bonds is 4. The van der Waals surface area contributed by atoms with Gasteiger partial charge in [-0.3, -0.25) is 4.79 Å². The summed E-state index contributed by atoms with van der Waals surface area (Å²) < 4.78 is 5.19. The highest BCUT2D eigenvalue weighted by molar-refractivity contribution is 5.97. The van der Waals surface area contributed by atoms with Gasteiger partial charge in [-0.25, -0.2) is 0 Å². The number of benzene rings is 2. The molecule has 0 radical (unpaired) electrons. The van der Waals surface area contributed by atoms with E-state index in [0.29, 0.717) is 29.1 Å². The van der Waals surface area contributed by atoms with Gasteiger partial charge >= 0.3 is 0 Å². The van der Waals surface area contributed by atoms with Crippen LogP contribution in [-0.2, 0) is 6.54 Å². The van der Waals surface area contributed by atoms with Gasteiger partial charge in [-0.15, -0.1) is 0 Å². The Kier molecular flexibility index (Phi) is 4.33. The second kappa shape index (κ2) is 6.17. The van der Waals surface area contributed by atoms with Crippen LogP contribution in [0.3, 0.4) is 0 Å². The molecular weight excluding hydrogens is 268 g/mol. The molecule has 0 saturated heterocycles. The summed E-state index contributed by atoms with van der Waals surface area (Å²) in [6.45, 7) is 0.295. The number of nitrogens with two attached hydrogens (primary N) is 1. The van der Waals surface area contributed by atoms with Gasteiger partial charge in [-0.1, -0.05) is 18.2 Å². The monoisotopic (exact) mass is 286 g/mol. The number of amides is 1. The number of nitrogens with zero attached hydrogens (tertiary/aromatic N) is 1. The van der Waals surface area contributed by atoms with Crippen LogP contribution < -0.4 is 10.5 Å². The Morgan fingerprint density at radius 3 is 2.67 bits per heavy atom. The molecule has 0 aliphatic rings. The van der Waals surface area contributed by atoms with Crippen molar-refractivity contribution in [2.75, 3.05) is 19.9 Å². The van der Waals surface area contributed by atoms with E-state index in [2.05, 4.69) is 0 Å². The van der Waals surface area contributed by atoms with Gasteiger partial charge in [0.1, 0.15) is 11.5 Å². The van der Waals surface area contributed by atoms with Crippen LogP contribution in [0.4, 0.5) is 5.69 Å². The first kappa shape index (κ1) is 14.7. The number of anilines is 1. The summed E-state index contributed by atoms with van der Waals surface area (Å²) in [6, 6.07) is 11.8. The zero-order valence-electron chi connectivity index (χ0n) is 12.0. The van der Waals surface area contributed by atoms with Crippen LogP contribution in [0.2, 0.25) is 0 Å². The second-order valence-electron chi connectivity index (χ2n) is 4.75. The number of phenols is 1. The predicted molar refractivity (Wildman–Crippen MR) is 81.3 cm³/mol. The third-order valence-electron chi connectivity index (χ3n) is 3.20. The molecule has 0 spiro atoms. The summed E-state index contributed by atoms with van der Waals surface area (Å²) in [6.07, 6.45) is 0. The highest BCUT2D eigenvalue weighted by atomic mass is 16.5. The molecule has 2 aromatic carbocycles. The fourth-order valence-corrected chi connectivity index (χ4v) is 2.07. The standard InChI is InChI=1S/C16H18N2O3/c1-18(10-11-5-3-4-6-14(11)19)16(20)13-9-12(17)7-8-15(13)21-2/h3-9,19H,10,17H2,1-2H3. The maximum absolute atomic E-state index is 12.5. The lowest BCUT2D eigenvalue weighted by molar-refractivity contribution is 0.0781. The van der Waals surface area contributed by atoms with Gasteiger partial charge in [0.05, 0.1) is 12.7 Å². The van der Waals surface area contributed by atoms with Crippen LogP contribution in [0.25, 0.3) is 0 Å². The summed E-state index contributed by atoms with van der Waals surface area (Å²) in [5.41, 5.74) is 7.30. The first-order chi connectivity index (χ1) is 10.0. The Balaban J connectivity index is 2.24. The molecule has 0 aromatic heterocycles. The lowest BCUT2D eigenvalue weighted by atomic mass is 10.1. The van der Waals surface area contributed by atoms with Crippen molar-refractivity contribution < 1.29 is 14.6 Å². The van der Waals surface area contributed by atoms with E-state index in [0.717, 1.165) is 0 Å². The molecule has 3 N–H and O–H groups in total. The number of para-hydroxylation sites is 1. The Hall–Kier alpha value is -2.69. The molecular formula is C16H18N2O3. The third-order valence-corrected chi connectivity index (χ3v) is 3.20. The number of carbonyl (C=O) groups excluding carboxylic acids is 1. The first-order valence-electron chi connectivity index (χ1n) is 6.48. The van der Waals surface area contributed by atoms with Crippen LogP contribution in [0.5, 0.6) is 11.5 Å². The van der Waals surface area contributed by atoms with E-state index >= 15 is 0 Å².